The molecule has 2 aliphatic carbocycles. The van der Waals surface area contributed by atoms with Crippen LogP contribution in [0.3, 0.4) is 0 Å². The van der Waals surface area contributed by atoms with Crippen molar-refractivity contribution in [3.63, 3.8) is 0 Å². The van der Waals surface area contributed by atoms with Crippen molar-refractivity contribution in [1.29, 1.82) is 0 Å². The van der Waals surface area contributed by atoms with Crippen LogP contribution in [0.15, 0.2) is 103 Å². The maximum atomic E-state index is 15.1. The third-order valence-electron chi connectivity index (χ3n) is 15.5. The molecule has 4 fully saturated rings. The molecule has 2 aromatic heterocycles. The van der Waals surface area contributed by atoms with Crippen molar-refractivity contribution in [2.24, 2.45) is 35.5 Å². The van der Waals surface area contributed by atoms with E-state index in [1.165, 1.54) is 54.5 Å². The second-order valence-electron chi connectivity index (χ2n) is 19.6. The van der Waals surface area contributed by atoms with E-state index in [1.807, 2.05) is 59.4 Å². The third kappa shape index (κ3) is 13.9. The van der Waals surface area contributed by atoms with Gasteiger partial charge in [-0.05, 0) is 122 Å². The molecule has 4 aromatic carbocycles. The SMILES string of the molecule is CC[C@H]1O[C@@H](n2cc(C(=O)c3ccc(C4CC4)cc3)c3c(F)cccc32)[C@H](C)[C@@H](C)[C@@H]1C.CC[C@H]1O[C@@H](n2ccc3c(F)cccc32)[C@H](C)[C@@H](C)[C@@H]1C.Cc1ccc(C2CC2)cc1.[I][V][I].[SH-].[SH-].[V]. The summed E-state index contributed by atoms with van der Waals surface area (Å²) in [6.45, 7) is 20.0. The molecular weight excluding hydrogens is 1210 g/mol. The Balaban J connectivity index is 0.000000240. The first-order valence-corrected chi connectivity index (χ1v) is 33.2. The summed E-state index contributed by atoms with van der Waals surface area (Å²) >= 11 is 4.74. The number of halogens is 4. The molecule has 4 heterocycles. The largest absolute Gasteiger partial charge is 0.813 e. The van der Waals surface area contributed by atoms with Crippen LogP contribution in [-0.4, -0.2) is 27.1 Å². The molecule has 2 aliphatic heterocycles. The molecule has 0 amide bonds. The monoisotopic (exact) mass is 1280 g/mol. The van der Waals surface area contributed by atoms with Crippen molar-refractivity contribution >= 4 is 94.5 Å². The molecule has 0 N–H and O–H groups in total. The van der Waals surface area contributed by atoms with Crippen molar-refractivity contribution < 1.29 is 51.1 Å². The summed E-state index contributed by atoms with van der Waals surface area (Å²) in [5, 5.41) is 1.06. The zero-order chi connectivity index (χ0) is 47.4. The van der Waals surface area contributed by atoms with Crippen LogP contribution in [0.5, 0.6) is 0 Å². The minimum Gasteiger partial charge on any atom is -0.813 e. The third-order valence-corrected chi connectivity index (χ3v) is 15.5. The van der Waals surface area contributed by atoms with Crippen LogP contribution in [0, 0.1) is 54.1 Å². The Morgan fingerprint density at radius 3 is 1.55 bits per heavy atom. The molecule has 0 spiro atoms. The molecule has 2 saturated carbocycles. The fraction of sp³-hybridized carbons (Fsp3) is 0.482. The Kier molecular flexibility index (Phi) is 23.9. The topological polar surface area (TPSA) is 45.4 Å². The standard InChI is InChI=1S/C28H32FNO2.C18H24FNO.C10H12.2HI.2H2S.2V/c1-5-25-17(3)16(2)18(4)28(32-25)30-15-22(26-23(29)7-6-8-24(26)30)27(31)21-13-11-20(12-14-21)19-9-10-19;1-5-17-12(3)11(2)13(4)18(21-17)20-10-9-14-15(19)7-6-8-16(14)20;1-8-2-4-9(5-3-8)10-6-7-10;;;;;;/h6-8,11-19,25,28H,5,9-10H2,1-4H3;6-13,17-18H,5H2,1-4H3;2-5,10H,6-7H2,1H3;2*1H;2*1H2;;/q;;;;;;;;+2/p-4/t16-,17-,18+,25+,28+;11-,12-,13+,17+,18+;;;;;;;/m00......./s1. The minimum atomic E-state index is -0.365. The number of ether oxygens (including phenoxy) is 2. The molecule has 6 aromatic rings. The Labute approximate surface area is 465 Å². The van der Waals surface area contributed by atoms with Gasteiger partial charge >= 0.3 is 49.4 Å². The fourth-order valence-electron chi connectivity index (χ4n) is 10.3. The molecule has 374 valence electrons. The number of ketones is 1. The van der Waals surface area contributed by atoms with E-state index in [9.17, 15) is 9.18 Å². The van der Waals surface area contributed by atoms with Gasteiger partial charge in [0.25, 0.3) is 0 Å². The summed E-state index contributed by atoms with van der Waals surface area (Å²) in [4.78, 5) is 13.5. The molecule has 1 radical (unpaired) electrons. The van der Waals surface area contributed by atoms with E-state index in [-0.39, 0.29) is 93.5 Å². The average Bonchev–Trinajstić information content (AvgIpc) is 4.27. The van der Waals surface area contributed by atoms with Crippen molar-refractivity contribution in [2.45, 2.75) is 137 Å². The first-order chi connectivity index (χ1) is 31.7. The number of hydrogen-bond donors (Lipinski definition) is 0. The van der Waals surface area contributed by atoms with E-state index in [1.54, 1.807) is 12.1 Å². The van der Waals surface area contributed by atoms with Gasteiger partial charge in [0, 0.05) is 59.1 Å². The first-order valence-electron chi connectivity index (χ1n) is 24.2. The molecule has 69 heavy (non-hydrogen) atoms. The molecule has 0 unspecified atom stereocenters. The zero-order valence-electron chi connectivity index (χ0n) is 41.4. The van der Waals surface area contributed by atoms with Crippen LogP contribution in [0.4, 0.5) is 8.78 Å². The van der Waals surface area contributed by atoms with E-state index in [2.05, 4.69) is 131 Å². The van der Waals surface area contributed by atoms with Crippen molar-refractivity contribution in [3.8, 4) is 0 Å². The summed E-state index contributed by atoms with van der Waals surface area (Å²) in [7, 11) is 0.628. The Bertz CT molecular complexity index is 2550. The number of rotatable bonds is 8. The van der Waals surface area contributed by atoms with Gasteiger partial charge in [-0.2, -0.15) is 0 Å². The number of thiol groups is 2. The molecule has 10 rings (SSSR count). The number of nitrogens with zero attached hydrogens (tertiary/aromatic N) is 2. The number of aromatic nitrogens is 2. The van der Waals surface area contributed by atoms with Gasteiger partial charge in [0.2, 0.25) is 0 Å². The van der Waals surface area contributed by atoms with Gasteiger partial charge in [-0.1, -0.05) is 122 Å². The fourth-order valence-corrected chi connectivity index (χ4v) is 10.3. The van der Waals surface area contributed by atoms with Crippen LogP contribution in [0.2, 0.25) is 0 Å². The Morgan fingerprint density at radius 2 is 1.07 bits per heavy atom. The van der Waals surface area contributed by atoms with Crippen molar-refractivity contribution in [2.75, 3.05) is 0 Å². The minimum absolute atomic E-state index is 0. The summed E-state index contributed by atoms with van der Waals surface area (Å²) in [6.07, 6.45) is 11.2. The molecular formula is C56H70F2I2N2O3S2V2-2. The van der Waals surface area contributed by atoms with Crippen molar-refractivity contribution in [3.05, 3.63) is 143 Å². The smallest absolute Gasteiger partial charge is 0 e. The van der Waals surface area contributed by atoms with E-state index < -0.39 is 0 Å². The number of fused-ring (bicyclic) bond motifs is 2. The summed E-state index contributed by atoms with van der Waals surface area (Å²) in [5.41, 5.74) is 6.83. The van der Waals surface area contributed by atoms with Crippen LogP contribution < -0.4 is 0 Å². The normalized spacial score (nSPS) is 26.0. The average molecular weight is 1280 g/mol. The Morgan fingerprint density at radius 1 is 0.623 bits per heavy atom. The number of aryl methyl sites for hydroxylation is 1. The molecule has 13 heteroatoms. The van der Waals surface area contributed by atoms with Gasteiger partial charge in [0.1, 0.15) is 24.1 Å². The molecule has 0 bridgehead atoms. The Hall–Kier alpha value is -1.26. The predicted octanol–water partition coefficient (Wildman–Crippen LogP) is 16.2. The summed E-state index contributed by atoms with van der Waals surface area (Å²) in [5.74, 6) is 3.57. The maximum Gasteiger partial charge on any atom is 0 e. The van der Waals surface area contributed by atoms with E-state index in [0.29, 0.717) is 66.9 Å². The quantitative estimate of drug-likeness (QED) is 0.0658. The van der Waals surface area contributed by atoms with Gasteiger partial charge in [0.05, 0.1) is 28.8 Å². The first kappa shape index (κ1) is 60.3. The number of benzene rings is 4. The maximum absolute atomic E-state index is 15.1. The second kappa shape index (κ2) is 27.3. The van der Waals surface area contributed by atoms with Crippen LogP contribution >= 0.6 is 40.0 Å². The predicted molar refractivity (Wildman–Crippen MR) is 298 cm³/mol. The van der Waals surface area contributed by atoms with Gasteiger partial charge in [-0.15, -0.1) is 0 Å². The van der Waals surface area contributed by atoms with E-state index in [0.717, 1.165) is 29.8 Å². The van der Waals surface area contributed by atoms with E-state index >= 15 is 4.39 Å². The second-order valence-corrected chi connectivity index (χ2v) is 31.3. The molecule has 5 nitrogen and oxygen atoms in total. The van der Waals surface area contributed by atoms with Crippen LogP contribution in [0.1, 0.15) is 151 Å². The summed E-state index contributed by atoms with van der Waals surface area (Å²) < 4.78 is 46.0. The van der Waals surface area contributed by atoms with E-state index in [4.69, 9.17) is 9.47 Å². The van der Waals surface area contributed by atoms with Crippen LogP contribution in [0.25, 0.3) is 21.8 Å². The van der Waals surface area contributed by atoms with Gasteiger partial charge in [-0.3, -0.25) is 4.79 Å². The number of carbonyl (C=O) groups excluding carboxylic acids is 1. The number of hydrogen-bond acceptors (Lipinski definition) is 5. The van der Waals surface area contributed by atoms with Gasteiger partial charge < -0.3 is 45.6 Å². The zero-order valence-corrected chi connectivity index (χ0v) is 50.3. The van der Waals surface area contributed by atoms with Crippen LogP contribution in [-0.2, 0) is 64.5 Å². The van der Waals surface area contributed by atoms with Gasteiger partial charge in [-0.25, -0.2) is 8.78 Å². The molecule has 2 saturated heterocycles. The van der Waals surface area contributed by atoms with Crippen molar-refractivity contribution in [1.82, 2.24) is 9.13 Å². The van der Waals surface area contributed by atoms with Gasteiger partial charge in [0.15, 0.2) is 5.78 Å². The molecule has 4 aliphatic rings. The summed E-state index contributed by atoms with van der Waals surface area (Å²) in [6, 6.07) is 28.9. The number of carbonyl (C=O) groups is 1. The molecule has 10 atom stereocenters.